The van der Waals surface area contributed by atoms with Gasteiger partial charge in [-0.25, -0.2) is 0 Å². The van der Waals surface area contributed by atoms with Crippen LogP contribution in [0, 0.1) is 0 Å². The summed E-state index contributed by atoms with van der Waals surface area (Å²) in [7, 11) is 0. The molecule has 23 heavy (non-hydrogen) atoms. The van der Waals surface area contributed by atoms with Gasteiger partial charge >= 0.3 is 12.1 Å². The Morgan fingerprint density at radius 3 is 2.22 bits per heavy atom. The molecular weight excluding hydrogens is 323 g/mol. The smallest absolute Gasteiger partial charge is 0.366 e. The van der Waals surface area contributed by atoms with Crippen molar-refractivity contribution in [3.05, 3.63) is 58.0 Å². The third-order valence-corrected chi connectivity index (χ3v) is 3.09. The molecule has 1 heterocycles. The molecule has 3 N–H and O–H groups in total. The maximum Gasteiger partial charge on any atom is 0.458 e. The van der Waals surface area contributed by atoms with Gasteiger partial charge in [0.05, 0.1) is 0 Å². The summed E-state index contributed by atoms with van der Waals surface area (Å²) in [6, 6.07) is 3.95. The molecule has 9 heteroatoms. The first-order valence-corrected chi connectivity index (χ1v) is 6.12. The van der Waals surface area contributed by atoms with E-state index in [-0.39, 0.29) is 16.7 Å². The third kappa shape index (κ3) is 3.08. The number of carbonyl (C=O) groups is 1. The molecule has 0 atom stereocenters. The molecule has 0 aliphatic carbocycles. The maximum atomic E-state index is 13.5. The van der Waals surface area contributed by atoms with Crippen LogP contribution >= 0.6 is 0 Å². The minimum Gasteiger partial charge on any atom is -0.366 e. The maximum absolute atomic E-state index is 13.5. The second kappa shape index (κ2) is 5.49. The number of aromatic amines is 1. The van der Waals surface area contributed by atoms with E-state index in [1.165, 1.54) is 6.07 Å². The lowest BCUT2D eigenvalue weighted by molar-refractivity contribution is -0.289. The number of nitrogens with two attached hydrogens (primary N) is 1. The molecule has 0 bridgehead atoms. The summed E-state index contributed by atoms with van der Waals surface area (Å²) in [6.07, 6.45) is -4.64. The van der Waals surface area contributed by atoms with Crippen LogP contribution in [-0.4, -0.2) is 17.1 Å². The Bertz CT molecular complexity index is 811. The van der Waals surface area contributed by atoms with Crippen LogP contribution in [-0.2, 0) is 5.92 Å². The molecule has 0 aliphatic heterocycles. The molecule has 0 spiro atoms. The average Bonchev–Trinajstić information content (AvgIpc) is 2.45. The number of amides is 1. The normalized spacial score (nSPS) is 12.2. The van der Waals surface area contributed by atoms with Gasteiger partial charge in [-0.05, 0) is 29.3 Å². The summed E-state index contributed by atoms with van der Waals surface area (Å²) < 4.78 is 64.4. The SMILES string of the molecule is NC(=O)c1ccc(C(F)(F)C(F)(F)F)cc1-c1cc[nH]c(=O)c1. The van der Waals surface area contributed by atoms with Crippen molar-refractivity contribution in [2.24, 2.45) is 5.73 Å². The van der Waals surface area contributed by atoms with Crippen molar-refractivity contribution in [1.29, 1.82) is 0 Å². The van der Waals surface area contributed by atoms with E-state index in [2.05, 4.69) is 4.98 Å². The van der Waals surface area contributed by atoms with Crippen LogP contribution in [0.4, 0.5) is 22.0 Å². The Hall–Kier alpha value is -2.71. The Morgan fingerprint density at radius 2 is 1.70 bits per heavy atom. The van der Waals surface area contributed by atoms with Crippen molar-refractivity contribution < 1.29 is 26.7 Å². The Kier molecular flexibility index (Phi) is 3.97. The molecule has 122 valence electrons. The van der Waals surface area contributed by atoms with Crippen molar-refractivity contribution in [1.82, 2.24) is 4.98 Å². The number of H-pyrrole nitrogens is 1. The van der Waals surface area contributed by atoms with Crippen molar-refractivity contribution in [2.75, 3.05) is 0 Å². The highest BCUT2D eigenvalue weighted by molar-refractivity contribution is 6.00. The first-order valence-electron chi connectivity index (χ1n) is 6.12. The summed E-state index contributed by atoms with van der Waals surface area (Å²) in [5, 5.41) is 0. The lowest BCUT2D eigenvalue weighted by Crippen LogP contribution is -2.33. The van der Waals surface area contributed by atoms with E-state index in [4.69, 9.17) is 5.73 Å². The fourth-order valence-electron chi connectivity index (χ4n) is 1.97. The molecule has 1 amide bonds. The average molecular weight is 332 g/mol. The van der Waals surface area contributed by atoms with E-state index in [9.17, 15) is 31.5 Å². The number of pyridine rings is 1. The molecule has 0 saturated carbocycles. The van der Waals surface area contributed by atoms with Crippen LogP contribution in [0.5, 0.6) is 0 Å². The van der Waals surface area contributed by atoms with Crippen LogP contribution in [0.1, 0.15) is 15.9 Å². The fraction of sp³-hybridized carbons (Fsp3) is 0.143. The number of aromatic nitrogens is 1. The van der Waals surface area contributed by atoms with Gasteiger partial charge < -0.3 is 10.7 Å². The number of primary amides is 1. The monoisotopic (exact) mass is 332 g/mol. The predicted octanol–water partition coefficient (Wildman–Crippen LogP) is 2.79. The van der Waals surface area contributed by atoms with E-state index < -0.39 is 29.1 Å². The van der Waals surface area contributed by atoms with Gasteiger partial charge in [-0.3, -0.25) is 9.59 Å². The third-order valence-electron chi connectivity index (χ3n) is 3.09. The highest BCUT2D eigenvalue weighted by atomic mass is 19.4. The summed E-state index contributed by atoms with van der Waals surface area (Å²) in [6.45, 7) is 0. The van der Waals surface area contributed by atoms with Crippen LogP contribution in [0.15, 0.2) is 41.3 Å². The van der Waals surface area contributed by atoms with Crippen molar-refractivity contribution in [3.8, 4) is 11.1 Å². The lowest BCUT2D eigenvalue weighted by atomic mass is 9.95. The largest absolute Gasteiger partial charge is 0.458 e. The van der Waals surface area contributed by atoms with E-state index >= 15 is 0 Å². The summed E-state index contributed by atoms with van der Waals surface area (Å²) in [4.78, 5) is 24.9. The minimum atomic E-state index is -5.80. The van der Waals surface area contributed by atoms with Crippen LogP contribution in [0.3, 0.4) is 0 Å². The predicted molar refractivity (Wildman–Crippen MR) is 71.0 cm³/mol. The molecule has 2 rings (SSSR count). The molecular formula is C14H9F5N2O2. The number of benzene rings is 1. The Balaban J connectivity index is 2.71. The molecule has 0 fully saturated rings. The molecule has 0 radical (unpaired) electrons. The minimum absolute atomic E-state index is 0.0117. The molecule has 0 saturated heterocycles. The Labute approximate surface area is 125 Å². The zero-order chi connectivity index (χ0) is 17.4. The van der Waals surface area contributed by atoms with E-state index in [1.54, 1.807) is 0 Å². The number of alkyl halides is 5. The molecule has 4 nitrogen and oxygen atoms in total. The van der Waals surface area contributed by atoms with Gasteiger partial charge in [-0.1, -0.05) is 6.07 Å². The summed E-state index contributed by atoms with van der Waals surface area (Å²) >= 11 is 0. The first-order chi connectivity index (χ1) is 10.5. The van der Waals surface area contributed by atoms with Gasteiger partial charge in [-0.2, -0.15) is 22.0 Å². The van der Waals surface area contributed by atoms with Gasteiger partial charge in [0.15, 0.2) is 0 Å². The molecule has 0 aliphatic rings. The van der Waals surface area contributed by atoms with Gasteiger partial charge in [0.2, 0.25) is 11.5 Å². The standard InChI is InChI=1S/C14H9F5N2O2/c15-13(16,14(17,18)19)8-1-2-9(12(20)23)10(6-8)7-3-4-21-11(22)5-7/h1-6H,(H2,20,23)(H,21,22). The number of carbonyl (C=O) groups excluding carboxylic acids is 1. The highest BCUT2D eigenvalue weighted by Crippen LogP contribution is 2.44. The molecule has 2 aromatic rings. The van der Waals surface area contributed by atoms with Gasteiger partial charge in [0.25, 0.3) is 0 Å². The molecule has 1 aromatic heterocycles. The first kappa shape index (κ1) is 16.7. The fourth-order valence-corrected chi connectivity index (χ4v) is 1.97. The number of hydrogen-bond donors (Lipinski definition) is 2. The van der Waals surface area contributed by atoms with Crippen molar-refractivity contribution in [2.45, 2.75) is 12.1 Å². The van der Waals surface area contributed by atoms with Crippen LogP contribution in [0.25, 0.3) is 11.1 Å². The highest BCUT2D eigenvalue weighted by Gasteiger charge is 2.58. The topological polar surface area (TPSA) is 76.0 Å². The Morgan fingerprint density at radius 1 is 1.04 bits per heavy atom. The zero-order valence-electron chi connectivity index (χ0n) is 11.2. The van der Waals surface area contributed by atoms with Crippen molar-refractivity contribution >= 4 is 5.91 Å². The van der Waals surface area contributed by atoms with E-state index in [0.29, 0.717) is 12.1 Å². The quantitative estimate of drug-likeness (QED) is 0.848. The summed E-state index contributed by atoms with van der Waals surface area (Å²) in [5.41, 5.74) is 2.55. The van der Waals surface area contributed by atoms with Crippen LogP contribution in [0.2, 0.25) is 0 Å². The van der Waals surface area contributed by atoms with Crippen LogP contribution < -0.4 is 11.3 Å². The van der Waals surface area contributed by atoms with Gasteiger partial charge in [0, 0.05) is 23.4 Å². The van der Waals surface area contributed by atoms with E-state index in [1.807, 2.05) is 0 Å². The second-order valence-electron chi connectivity index (χ2n) is 4.64. The number of hydrogen-bond acceptors (Lipinski definition) is 2. The molecule has 1 aromatic carbocycles. The number of halogens is 5. The second-order valence-corrected chi connectivity index (χ2v) is 4.64. The lowest BCUT2D eigenvalue weighted by Gasteiger charge is -2.21. The summed E-state index contributed by atoms with van der Waals surface area (Å²) in [5.74, 6) is -6.14. The van der Waals surface area contributed by atoms with E-state index in [0.717, 1.165) is 18.3 Å². The van der Waals surface area contributed by atoms with Crippen molar-refractivity contribution in [3.63, 3.8) is 0 Å². The van der Waals surface area contributed by atoms with Gasteiger partial charge in [0.1, 0.15) is 0 Å². The molecule has 0 unspecified atom stereocenters. The number of rotatable bonds is 3. The van der Waals surface area contributed by atoms with Gasteiger partial charge in [-0.15, -0.1) is 0 Å². The zero-order valence-corrected chi connectivity index (χ0v) is 11.2. The number of nitrogens with one attached hydrogen (secondary N) is 1.